The van der Waals surface area contributed by atoms with Gasteiger partial charge in [-0.05, 0) is 50.5 Å². The summed E-state index contributed by atoms with van der Waals surface area (Å²) in [5.41, 5.74) is 1.93. The summed E-state index contributed by atoms with van der Waals surface area (Å²) in [7, 11) is 0. The molecule has 2 unspecified atom stereocenters. The molecule has 88 valence electrons. The lowest BCUT2D eigenvalue weighted by atomic mass is 10.1. The number of hydrogen-bond acceptors (Lipinski definition) is 2. The molecule has 0 saturated carbocycles. The summed E-state index contributed by atoms with van der Waals surface area (Å²) in [6.45, 7) is 4.81. The second-order valence-corrected chi connectivity index (χ2v) is 4.49. The molecule has 0 aliphatic carbocycles. The quantitative estimate of drug-likeness (QED) is 0.850. The van der Waals surface area contributed by atoms with E-state index in [0.29, 0.717) is 12.2 Å². The molecule has 1 N–H and O–H groups in total. The molecule has 0 bridgehead atoms. The van der Waals surface area contributed by atoms with E-state index in [1.165, 1.54) is 6.07 Å². The summed E-state index contributed by atoms with van der Waals surface area (Å²) in [6, 6.07) is 4.80. The molecule has 0 radical (unpaired) electrons. The van der Waals surface area contributed by atoms with Crippen molar-refractivity contribution in [3.63, 3.8) is 0 Å². The number of benzene rings is 1. The first-order valence-corrected chi connectivity index (χ1v) is 5.80. The number of nitrogens with one attached hydrogen (secondary N) is 1. The van der Waals surface area contributed by atoms with Crippen LogP contribution in [0.1, 0.15) is 25.3 Å². The SMILES string of the molecule is Cc1cc(F)ccc1NCC1CCC(C)O1. The Bertz CT molecular complexity index is 367. The van der Waals surface area contributed by atoms with Gasteiger partial charge in [0.25, 0.3) is 0 Å². The zero-order valence-electron chi connectivity index (χ0n) is 9.79. The Morgan fingerprint density at radius 3 is 2.88 bits per heavy atom. The molecule has 1 aliphatic heterocycles. The van der Waals surface area contributed by atoms with Crippen molar-refractivity contribution in [2.45, 2.75) is 38.9 Å². The summed E-state index contributed by atoms with van der Waals surface area (Å²) in [5.74, 6) is -0.186. The van der Waals surface area contributed by atoms with E-state index in [-0.39, 0.29) is 5.82 Å². The van der Waals surface area contributed by atoms with Crippen LogP contribution in [0.25, 0.3) is 0 Å². The van der Waals surface area contributed by atoms with Crippen LogP contribution in [-0.2, 0) is 4.74 Å². The summed E-state index contributed by atoms with van der Waals surface area (Å²) in [6.07, 6.45) is 2.91. The van der Waals surface area contributed by atoms with Crippen LogP contribution in [0.4, 0.5) is 10.1 Å². The normalized spacial score (nSPS) is 24.7. The van der Waals surface area contributed by atoms with E-state index in [1.807, 2.05) is 6.92 Å². The summed E-state index contributed by atoms with van der Waals surface area (Å²) in [5, 5.41) is 3.31. The second kappa shape index (κ2) is 4.83. The number of anilines is 1. The molecule has 1 aromatic carbocycles. The molecule has 2 atom stereocenters. The van der Waals surface area contributed by atoms with Gasteiger partial charge in [-0.25, -0.2) is 4.39 Å². The third-order valence-electron chi connectivity index (χ3n) is 3.03. The Balaban J connectivity index is 1.89. The fraction of sp³-hybridized carbons (Fsp3) is 0.538. The van der Waals surface area contributed by atoms with Gasteiger partial charge in [-0.1, -0.05) is 0 Å². The fourth-order valence-electron chi connectivity index (χ4n) is 2.08. The van der Waals surface area contributed by atoms with Crippen molar-refractivity contribution in [3.8, 4) is 0 Å². The minimum atomic E-state index is -0.186. The van der Waals surface area contributed by atoms with E-state index in [4.69, 9.17) is 4.74 Å². The molecule has 1 aromatic rings. The van der Waals surface area contributed by atoms with Gasteiger partial charge in [0.15, 0.2) is 0 Å². The van der Waals surface area contributed by atoms with Gasteiger partial charge in [-0.2, -0.15) is 0 Å². The molecule has 2 nitrogen and oxygen atoms in total. The molecule has 2 rings (SSSR count). The van der Waals surface area contributed by atoms with Crippen molar-refractivity contribution in [3.05, 3.63) is 29.6 Å². The predicted molar refractivity (Wildman–Crippen MR) is 63.2 cm³/mol. The van der Waals surface area contributed by atoms with Gasteiger partial charge >= 0.3 is 0 Å². The Kier molecular flexibility index (Phi) is 3.44. The average molecular weight is 223 g/mol. The third kappa shape index (κ3) is 2.73. The molecule has 1 heterocycles. The highest BCUT2D eigenvalue weighted by Gasteiger charge is 2.21. The number of ether oxygens (including phenoxy) is 1. The second-order valence-electron chi connectivity index (χ2n) is 4.49. The van der Waals surface area contributed by atoms with Gasteiger partial charge in [-0.15, -0.1) is 0 Å². The number of halogens is 1. The highest BCUT2D eigenvalue weighted by Crippen LogP contribution is 2.21. The van der Waals surface area contributed by atoms with Crippen LogP contribution >= 0.6 is 0 Å². The topological polar surface area (TPSA) is 21.3 Å². The first-order chi connectivity index (χ1) is 7.65. The molecule has 0 amide bonds. The van der Waals surface area contributed by atoms with Gasteiger partial charge in [-0.3, -0.25) is 0 Å². The van der Waals surface area contributed by atoms with Crippen LogP contribution in [0.3, 0.4) is 0 Å². The Morgan fingerprint density at radius 1 is 1.44 bits per heavy atom. The van der Waals surface area contributed by atoms with E-state index in [1.54, 1.807) is 12.1 Å². The number of aryl methyl sites for hydroxylation is 1. The minimum Gasteiger partial charge on any atom is -0.382 e. The van der Waals surface area contributed by atoms with Crippen LogP contribution in [0.5, 0.6) is 0 Å². The maximum Gasteiger partial charge on any atom is 0.123 e. The van der Waals surface area contributed by atoms with Gasteiger partial charge in [0, 0.05) is 12.2 Å². The standard InChI is InChI=1S/C13H18FNO/c1-9-7-11(14)4-6-13(9)15-8-12-5-3-10(2)16-12/h4,6-7,10,12,15H,3,5,8H2,1-2H3. The predicted octanol–water partition coefficient (Wildman–Crippen LogP) is 3.11. The van der Waals surface area contributed by atoms with Crippen LogP contribution < -0.4 is 5.32 Å². The van der Waals surface area contributed by atoms with Crippen molar-refractivity contribution in [1.29, 1.82) is 0 Å². The third-order valence-corrected chi connectivity index (χ3v) is 3.03. The van der Waals surface area contributed by atoms with Crippen LogP contribution in [0, 0.1) is 12.7 Å². The molecule has 0 aromatic heterocycles. The molecule has 16 heavy (non-hydrogen) atoms. The summed E-state index contributed by atoms with van der Waals surface area (Å²) in [4.78, 5) is 0. The Morgan fingerprint density at radius 2 is 2.25 bits per heavy atom. The maximum atomic E-state index is 12.9. The zero-order chi connectivity index (χ0) is 11.5. The first-order valence-electron chi connectivity index (χ1n) is 5.80. The van der Waals surface area contributed by atoms with Gasteiger partial charge in [0.2, 0.25) is 0 Å². The lowest BCUT2D eigenvalue weighted by molar-refractivity contribution is 0.0637. The molecule has 1 aliphatic rings. The molecule has 1 saturated heterocycles. The van der Waals surface area contributed by atoms with Crippen LogP contribution in [-0.4, -0.2) is 18.8 Å². The monoisotopic (exact) mass is 223 g/mol. The number of rotatable bonds is 3. The van der Waals surface area contributed by atoms with Crippen LogP contribution in [0.15, 0.2) is 18.2 Å². The van der Waals surface area contributed by atoms with Gasteiger partial charge < -0.3 is 10.1 Å². The smallest absolute Gasteiger partial charge is 0.123 e. The fourth-order valence-corrected chi connectivity index (χ4v) is 2.08. The average Bonchev–Trinajstić information content (AvgIpc) is 2.63. The highest BCUT2D eigenvalue weighted by atomic mass is 19.1. The number of hydrogen-bond donors (Lipinski definition) is 1. The van der Waals surface area contributed by atoms with Gasteiger partial charge in [0.1, 0.15) is 5.82 Å². The maximum absolute atomic E-state index is 12.9. The summed E-state index contributed by atoms with van der Waals surface area (Å²) < 4.78 is 18.6. The van der Waals surface area contributed by atoms with E-state index < -0.39 is 0 Å². The van der Waals surface area contributed by atoms with Gasteiger partial charge in [0.05, 0.1) is 12.2 Å². The molecule has 1 fully saturated rings. The van der Waals surface area contributed by atoms with Crippen molar-refractivity contribution in [1.82, 2.24) is 0 Å². The van der Waals surface area contributed by atoms with Crippen molar-refractivity contribution < 1.29 is 9.13 Å². The Labute approximate surface area is 95.8 Å². The van der Waals surface area contributed by atoms with E-state index >= 15 is 0 Å². The lowest BCUT2D eigenvalue weighted by Gasteiger charge is -2.14. The molecule has 0 spiro atoms. The van der Waals surface area contributed by atoms with E-state index in [9.17, 15) is 4.39 Å². The minimum absolute atomic E-state index is 0.186. The lowest BCUT2D eigenvalue weighted by Crippen LogP contribution is -2.20. The van der Waals surface area contributed by atoms with Crippen molar-refractivity contribution in [2.24, 2.45) is 0 Å². The zero-order valence-corrected chi connectivity index (χ0v) is 9.79. The molecular formula is C13H18FNO. The summed E-state index contributed by atoms with van der Waals surface area (Å²) >= 11 is 0. The van der Waals surface area contributed by atoms with E-state index in [0.717, 1.165) is 30.6 Å². The van der Waals surface area contributed by atoms with Crippen LogP contribution in [0.2, 0.25) is 0 Å². The highest BCUT2D eigenvalue weighted by molar-refractivity contribution is 5.50. The van der Waals surface area contributed by atoms with Crippen molar-refractivity contribution >= 4 is 5.69 Å². The largest absolute Gasteiger partial charge is 0.382 e. The first kappa shape index (κ1) is 11.4. The molecular weight excluding hydrogens is 205 g/mol. The van der Waals surface area contributed by atoms with Crippen molar-refractivity contribution in [2.75, 3.05) is 11.9 Å². The van der Waals surface area contributed by atoms with E-state index in [2.05, 4.69) is 12.2 Å². The molecule has 3 heteroatoms. The Hall–Kier alpha value is -1.09.